The molecule has 0 amide bonds. The van der Waals surface area contributed by atoms with E-state index in [0.29, 0.717) is 0 Å². The number of nitrogens with zero attached hydrogens (tertiary/aromatic N) is 1. The number of ether oxygens (including phenoxy) is 1. The molecule has 0 spiro atoms. The monoisotopic (exact) mass is 251 g/mol. The van der Waals surface area contributed by atoms with Gasteiger partial charge in [-0.25, -0.2) is 0 Å². The maximum Gasteiger partial charge on any atom is 0.317 e. The molecule has 0 saturated carbocycles. The summed E-state index contributed by atoms with van der Waals surface area (Å²) in [6, 6.07) is 7.76. The second-order valence-electron chi connectivity index (χ2n) is 4.28. The summed E-state index contributed by atoms with van der Waals surface area (Å²) in [5.74, 6) is 0.00156. The van der Waals surface area contributed by atoms with Crippen LogP contribution in [0.1, 0.15) is 31.9 Å². The minimum Gasteiger partial charge on any atom is -0.496 e. The zero-order valence-corrected chi connectivity index (χ0v) is 11.2. The molecule has 0 aliphatic carbocycles. The molecular weight excluding hydrogens is 230 g/mol. The van der Waals surface area contributed by atoms with Gasteiger partial charge >= 0.3 is 5.97 Å². The zero-order valence-electron chi connectivity index (χ0n) is 11.2. The van der Waals surface area contributed by atoms with E-state index in [1.165, 1.54) is 0 Å². The Kier molecular flexibility index (Phi) is 5.65. The van der Waals surface area contributed by atoms with Crippen molar-refractivity contribution in [2.24, 2.45) is 0 Å². The molecule has 1 aromatic rings. The fourth-order valence-electron chi connectivity index (χ4n) is 2.08. The van der Waals surface area contributed by atoms with Crippen molar-refractivity contribution < 1.29 is 14.6 Å². The molecule has 18 heavy (non-hydrogen) atoms. The molecule has 0 aliphatic rings. The van der Waals surface area contributed by atoms with Gasteiger partial charge in [0.15, 0.2) is 0 Å². The van der Waals surface area contributed by atoms with Crippen LogP contribution in [0.4, 0.5) is 0 Å². The topological polar surface area (TPSA) is 49.8 Å². The zero-order chi connectivity index (χ0) is 13.5. The van der Waals surface area contributed by atoms with Crippen molar-refractivity contribution in [2.75, 3.05) is 20.2 Å². The first-order chi connectivity index (χ1) is 8.60. The molecule has 4 nitrogen and oxygen atoms in total. The van der Waals surface area contributed by atoms with Crippen LogP contribution in [0, 0.1) is 0 Å². The van der Waals surface area contributed by atoms with Gasteiger partial charge in [0, 0.05) is 11.6 Å². The average molecular weight is 251 g/mol. The van der Waals surface area contributed by atoms with Crippen molar-refractivity contribution in [2.45, 2.75) is 26.3 Å². The molecular formula is C14H21NO3. The molecule has 0 radical (unpaired) electrons. The van der Waals surface area contributed by atoms with Crippen LogP contribution in [0.3, 0.4) is 0 Å². The average Bonchev–Trinajstić information content (AvgIpc) is 2.37. The predicted octanol–water partition coefficient (Wildman–Crippen LogP) is 2.55. The highest BCUT2D eigenvalue weighted by atomic mass is 16.5. The summed E-state index contributed by atoms with van der Waals surface area (Å²) in [5.41, 5.74) is 1.02. The number of carboxylic acids is 1. The molecule has 0 aromatic heterocycles. The first-order valence-electron chi connectivity index (χ1n) is 6.18. The number of carboxylic acid groups (broad SMARTS) is 1. The fourth-order valence-corrected chi connectivity index (χ4v) is 2.08. The summed E-state index contributed by atoms with van der Waals surface area (Å²) < 4.78 is 5.33. The number of methoxy groups -OCH3 is 1. The van der Waals surface area contributed by atoms with Crippen LogP contribution in [0.2, 0.25) is 0 Å². The van der Waals surface area contributed by atoms with Crippen LogP contribution < -0.4 is 4.74 Å². The van der Waals surface area contributed by atoms with Gasteiger partial charge in [-0.15, -0.1) is 0 Å². The summed E-state index contributed by atoms with van der Waals surface area (Å²) in [6.07, 6.45) is 0.923. The fraction of sp³-hybridized carbons (Fsp3) is 0.500. The third-order valence-electron chi connectivity index (χ3n) is 2.99. The quantitative estimate of drug-likeness (QED) is 0.809. The lowest BCUT2D eigenvalue weighted by molar-refractivity contribution is -0.138. The second-order valence-corrected chi connectivity index (χ2v) is 4.28. The molecule has 4 heteroatoms. The van der Waals surface area contributed by atoms with E-state index in [9.17, 15) is 4.79 Å². The summed E-state index contributed by atoms with van der Waals surface area (Å²) in [4.78, 5) is 12.8. The number of aliphatic carboxylic acids is 1. The lowest BCUT2D eigenvalue weighted by Gasteiger charge is -2.28. The Morgan fingerprint density at radius 2 is 2.11 bits per heavy atom. The summed E-state index contributed by atoms with van der Waals surface area (Å²) in [7, 11) is 1.63. The molecule has 0 aliphatic heterocycles. The summed E-state index contributed by atoms with van der Waals surface area (Å²) in [5, 5.41) is 8.96. The van der Waals surface area contributed by atoms with Crippen molar-refractivity contribution >= 4 is 5.97 Å². The van der Waals surface area contributed by atoms with Crippen molar-refractivity contribution in [1.29, 1.82) is 0 Å². The van der Waals surface area contributed by atoms with Crippen LogP contribution in [0.15, 0.2) is 24.3 Å². The van der Waals surface area contributed by atoms with Gasteiger partial charge in [-0.1, -0.05) is 25.1 Å². The van der Waals surface area contributed by atoms with Crippen LogP contribution in [0.5, 0.6) is 5.75 Å². The molecule has 0 saturated heterocycles. The lowest BCUT2D eigenvalue weighted by atomic mass is 10.1. The molecule has 1 aromatic carbocycles. The van der Waals surface area contributed by atoms with Gasteiger partial charge in [0.25, 0.3) is 0 Å². The Morgan fingerprint density at radius 1 is 1.44 bits per heavy atom. The van der Waals surface area contributed by atoms with Crippen LogP contribution >= 0.6 is 0 Å². The smallest absolute Gasteiger partial charge is 0.317 e. The molecule has 100 valence electrons. The highest BCUT2D eigenvalue weighted by molar-refractivity contribution is 5.69. The number of hydrogen-bond acceptors (Lipinski definition) is 3. The number of rotatable bonds is 7. The van der Waals surface area contributed by atoms with E-state index >= 15 is 0 Å². The Labute approximate surface area is 108 Å². The first kappa shape index (κ1) is 14.5. The third kappa shape index (κ3) is 3.74. The van der Waals surface area contributed by atoms with Crippen LogP contribution in [0.25, 0.3) is 0 Å². The highest BCUT2D eigenvalue weighted by Gasteiger charge is 2.20. The molecule has 1 unspecified atom stereocenters. The van der Waals surface area contributed by atoms with Crippen LogP contribution in [-0.4, -0.2) is 36.2 Å². The van der Waals surface area contributed by atoms with Crippen molar-refractivity contribution in [3.8, 4) is 5.75 Å². The maximum atomic E-state index is 10.9. The van der Waals surface area contributed by atoms with Gasteiger partial charge in [0.2, 0.25) is 0 Å². The van der Waals surface area contributed by atoms with E-state index < -0.39 is 5.97 Å². The van der Waals surface area contributed by atoms with E-state index in [-0.39, 0.29) is 12.6 Å². The van der Waals surface area contributed by atoms with Gasteiger partial charge < -0.3 is 9.84 Å². The second kappa shape index (κ2) is 7.01. The Balaban J connectivity index is 2.93. The summed E-state index contributed by atoms with van der Waals surface area (Å²) in [6.45, 7) is 4.86. The number of para-hydroxylation sites is 1. The highest BCUT2D eigenvalue weighted by Crippen LogP contribution is 2.28. The molecule has 1 N–H and O–H groups in total. The predicted molar refractivity (Wildman–Crippen MR) is 70.9 cm³/mol. The van der Waals surface area contributed by atoms with Crippen molar-refractivity contribution in [3.05, 3.63) is 29.8 Å². The van der Waals surface area contributed by atoms with E-state index in [1.54, 1.807) is 7.11 Å². The SMILES string of the molecule is CCCN(CC(=O)O)C(C)c1ccccc1OC. The third-order valence-corrected chi connectivity index (χ3v) is 2.99. The largest absolute Gasteiger partial charge is 0.496 e. The molecule has 0 bridgehead atoms. The van der Waals surface area contributed by atoms with Gasteiger partial charge in [-0.3, -0.25) is 9.69 Å². The molecule has 0 heterocycles. The Morgan fingerprint density at radius 3 is 2.67 bits per heavy atom. The van der Waals surface area contributed by atoms with Crippen molar-refractivity contribution in [1.82, 2.24) is 4.90 Å². The van der Waals surface area contributed by atoms with E-state index in [4.69, 9.17) is 9.84 Å². The number of hydrogen-bond donors (Lipinski definition) is 1. The van der Waals surface area contributed by atoms with Gasteiger partial charge in [0.1, 0.15) is 5.75 Å². The van der Waals surface area contributed by atoms with Gasteiger partial charge in [0.05, 0.1) is 13.7 Å². The Bertz CT molecular complexity index is 392. The van der Waals surface area contributed by atoms with Gasteiger partial charge in [-0.2, -0.15) is 0 Å². The molecule has 1 rings (SSSR count). The first-order valence-corrected chi connectivity index (χ1v) is 6.18. The van der Waals surface area contributed by atoms with E-state index in [2.05, 4.69) is 0 Å². The van der Waals surface area contributed by atoms with Crippen molar-refractivity contribution in [3.63, 3.8) is 0 Å². The number of carbonyl (C=O) groups is 1. The van der Waals surface area contributed by atoms with E-state index in [0.717, 1.165) is 24.3 Å². The van der Waals surface area contributed by atoms with Crippen LogP contribution in [-0.2, 0) is 4.79 Å². The minimum atomic E-state index is -0.801. The summed E-state index contributed by atoms with van der Waals surface area (Å²) >= 11 is 0. The molecule has 1 atom stereocenters. The maximum absolute atomic E-state index is 10.9. The molecule has 0 fully saturated rings. The van der Waals surface area contributed by atoms with Gasteiger partial charge in [-0.05, 0) is 26.0 Å². The Hall–Kier alpha value is -1.55. The minimum absolute atomic E-state index is 0.0252. The number of benzene rings is 1. The normalized spacial score (nSPS) is 12.4. The van der Waals surface area contributed by atoms with E-state index in [1.807, 2.05) is 43.0 Å². The lowest BCUT2D eigenvalue weighted by Crippen LogP contribution is -2.33. The standard InChI is InChI=1S/C14H21NO3/c1-4-9-15(10-14(16)17)11(2)12-7-5-6-8-13(12)18-3/h5-8,11H,4,9-10H2,1-3H3,(H,16,17).